The number of carboxylic acids is 1. The number of nitrogens with one attached hydrogen (secondary N) is 5. The van der Waals surface area contributed by atoms with Gasteiger partial charge >= 0.3 is 5.97 Å². The third-order valence-electron chi connectivity index (χ3n) is 10.6. The molecule has 0 bridgehead atoms. The van der Waals surface area contributed by atoms with Gasteiger partial charge in [0.1, 0.15) is 17.9 Å². The molecule has 0 aromatic heterocycles. The molecule has 0 heterocycles. The predicted molar refractivity (Wildman–Crippen MR) is 249 cm³/mol. The van der Waals surface area contributed by atoms with Crippen LogP contribution in [-0.4, -0.2) is 98.6 Å². The minimum atomic E-state index is -1.06. The van der Waals surface area contributed by atoms with Crippen molar-refractivity contribution in [1.82, 2.24) is 10.6 Å². The molecule has 1 aliphatic carbocycles. The SMILES string of the molecule is CC(C)(C)SSCC(NC(=O)C1CCCCC1)C(=O)NCCCCCC(=O)CC(=N)CCCCC(N)C(=O)CC(=N)CCCCC(N)C(=O)CC(=N)CCCCC(N)C(=O)O. The lowest BCUT2D eigenvalue weighted by Gasteiger charge is -2.25. The number of nitrogens with two attached hydrogens (primary N) is 3. The maximum atomic E-state index is 13.1. The second-order valence-corrected chi connectivity index (χ2v) is 20.9. The molecule has 0 spiro atoms. The first kappa shape index (κ1) is 56.0. The standard InChI is InChI=1S/C44H78N8O7S2/c1-44(2,3)61-60-29-38(52-41(56)30-16-6-4-7-17-30)42(57)51-25-15-5-8-21-34(53)26-31(45)18-9-12-22-35(48)39(54)27-32(46)19-10-13-23-36(49)40(55)28-33(47)20-11-14-24-37(50)43(58)59/h30,35-38,45-47H,4-29,48-50H2,1-3H3,(H,51,57)(H,52,56)(H,58,59). The molecule has 12 N–H and O–H groups in total. The van der Waals surface area contributed by atoms with Crippen LogP contribution in [0.4, 0.5) is 0 Å². The van der Waals surface area contributed by atoms with Gasteiger partial charge in [0.05, 0.1) is 12.1 Å². The number of carbonyl (C=O) groups is 6. The van der Waals surface area contributed by atoms with Crippen LogP contribution in [0.25, 0.3) is 0 Å². The van der Waals surface area contributed by atoms with Crippen LogP contribution in [0, 0.1) is 22.1 Å². The van der Waals surface area contributed by atoms with Crippen molar-refractivity contribution in [2.45, 2.75) is 204 Å². The first-order valence-electron chi connectivity index (χ1n) is 22.4. The van der Waals surface area contributed by atoms with E-state index in [1.54, 1.807) is 21.6 Å². The van der Waals surface area contributed by atoms with E-state index in [0.717, 1.165) is 38.5 Å². The average Bonchev–Trinajstić information content (AvgIpc) is 3.19. The molecule has 0 saturated heterocycles. The highest BCUT2D eigenvalue weighted by Gasteiger charge is 2.27. The molecule has 1 aliphatic rings. The number of ketones is 3. The summed E-state index contributed by atoms with van der Waals surface area (Å²) in [5.41, 5.74) is 18.5. The number of amides is 2. The van der Waals surface area contributed by atoms with Gasteiger partial charge in [-0.15, -0.1) is 0 Å². The van der Waals surface area contributed by atoms with Crippen molar-refractivity contribution in [3.8, 4) is 0 Å². The van der Waals surface area contributed by atoms with Crippen molar-refractivity contribution in [1.29, 1.82) is 16.2 Å². The van der Waals surface area contributed by atoms with Crippen molar-refractivity contribution in [3.05, 3.63) is 0 Å². The number of hydrogen-bond donors (Lipinski definition) is 9. The van der Waals surface area contributed by atoms with E-state index in [1.165, 1.54) is 0 Å². The van der Waals surface area contributed by atoms with E-state index in [-0.39, 0.29) is 70.5 Å². The summed E-state index contributed by atoms with van der Waals surface area (Å²) in [6.45, 7) is 6.81. The van der Waals surface area contributed by atoms with Crippen LogP contribution < -0.4 is 27.8 Å². The molecule has 4 unspecified atom stereocenters. The van der Waals surface area contributed by atoms with Crippen LogP contribution in [0.15, 0.2) is 0 Å². The molecule has 1 fully saturated rings. The maximum absolute atomic E-state index is 13.1. The molecule has 61 heavy (non-hydrogen) atoms. The number of aliphatic carboxylic acids is 1. The molecule has 15 nitrogen and oxygen atoms in total. The van der Waals surface area contributed by atoms with Crippen LogP contribution in [0.2, 0.25) is 0 Å². The second-order valence-electron chi connectivity index (χ2n) is 17.7. The van der Waals surface area contributed by atoms with E-state index in [9.17, 15) is 28.8 Å². The van der Waals surface area contributed by atoms with Gasteiger partial charge in [-0.25, -0.2) is 0 Å². The van der Waals surface area contributed by atoms with Gasteiger partial charge in [0, 0.05) is 65.8 Å². The first-order valence-corrected chi connectivity index (χ1v) is 24.7. The van der Waals surface area contributed by atoms with Crippen LogP contribution in [0.1, 0.15) is 175 Å². The Hall–Kier alpha value is -2.99. The number of hydrogen-bond acceptors (Lipinski definition) is 14. The van der Waals surface area contributed by atoms with Crippen molar-refractivity contribution in [3.63, 3.8) is 0 Å². The summed E-state index contributed by atoms with van der Waals surface area (Å²) in [6.07, 6.45) is 13.6. The second kappa shape index (κ2) is 31.8. The number of carbonyl (C=O) groups excluding carboxylic acids is 5. The van der Waals surface area contributed by atoms with Gasteiger partial charge in [0.15, 0.2) is 11.6 Å². The summed E-state index contributed by atoms with van der Waals surface area (Å²) in [6, 6.07) is -2.92. The molecular formula is C44H78N8O7S2. The number of unbranched alkanes of at least 4 members (excludes halogenated alkanes) is 5. The van der Waals surface area contributed by atoms with Gasteiger partial charge in [-0.3, -0.25) is 28.8 Å². The monoisotopic (exact) mass is 895 g/mol. The summed E-state index contributed by atoms with van der Waals surface area (Å²) in [4.78, 5) is 74.2. The van der Waals surface area contributed by atoms with E-state index >= 15 is 0 Å². The summed E-state index contributed by atoms with van der Waals surface area (Å²) in [5, 5.41) is 39.3. The lowest BCUT2D eigenvalue weighted by Crippen LogP contribution is -2.50. The summed E-state index contributed by atoms with van der Waals surface area (Å²) >= 11 is 0. The van der Waals surface area contributed by atoms with Gasteiger partial charge in [0.2, 0.25) is 11.8 Å². The zero-order valence-corrected chi connectivity index (χ0v) is 38.8. The molecule has 0 aromatic carbocycles. The number of carboxylic acid groups (broad SMARTS) is 1. The highest BCUT2D eigenvalue weighted by atomic mass is 33.1. The first-order chi connectivity index (χ1) is 28.8. The van der Waals surface area contributed by atoms with Crippen molar-refractivity contribution in [2.24, 2.45) is 23.1 Å². The van der Waals surface area contributed by atoms with Gasteiger partial charge in [0.25, 0.3) is 0 Å². The lowest BCUT2D eigenvalue weighted by atomic mass is 9.88. The normalized spacial score (nSPS) is 15.2. The highest BCUT2D eigenvalue weighted by molar-refractivity contribution is 8.77. The van der Waals surface area contributed by atoms with Gasteiger partial charge < -0.3 is 49.2 Å². The van der Waals surface area contributed by atoms with E-state index in [2.05, 4.69) is 31.4 Å². The fourth-order valence-corrected chi connectivity index (χ4v) is 9.37. The smallest absolute Gasteiger partial charge is 0.320 e. The molecule has 0 radical (unpaired) electrons. The van der Waals surface area contributed by atoms with E-state index in [1.807, 2.05) is 0 Å². The summed E-state index contributed by atoms with van der Waals surface area (Å²) in [7, 11) is 3.29. The molecule has 1 rings (SSSR count). The Morgan fingerprint density at radius 2 is 1.13 bits per heavy atom. The van der Waals surface area contributed by atoms with Crippen molar-refractivity contribution in [2.75, 3.05) is 12.3 Å². The minimum absolute atomic E-state index is 0.0111. The van der Waals surface area contributed by atoms with E-state index in [4.69, 9.17) is 38.5 Å². The maximum Gasteiger partial charge on any atom is 0.320 e. The molecule has 17 heteroatoms. The molecule has 4 atom stereocenters. The third kappa shape index (κ3) is 28.3. The zero-order valence-electron chi connectivity index (χ0n) is 37.2. The average molecular weight is 895 g/mol. The largest absolute Gasteiger partial charge is 0.480 e. The van der Waals surface area contributed by atoms with Crippen molar-refractivity contribution < 1.29 is 33.9 Å². The van der Waals surface area contributed by atoms with Gasteiger partial charge in [-0.05, 0) is 83.5 Å². The van der Waals surface area contributed by atoms with Crippen molar-refractivity contribution >= 4 is 73.9 Å². The fraction of sp³-hybridized carbons (Fsp3) is 0.795. The number of Topliss-reactive ketones (excluding diaryl/α,β-unsaturated/α-hetero) is 3. The fourth-order valence-electron chi connectivity index (χ4n) is 6.90. The Kier molecular flexibility index (Phi) is 29.2. The molecule has 348 valence electrons. The van der Waals surface area contributed by atoms with Crippen LogP contribution in [-0.2, 0) is 28.8 Å². The Balaban J connectivity index is 2.19. The Bertz CT molecular complexity index is 1430. The van der Waals surface area contributed by atoms with Gasteiger partial charge in [-0.1, -0.05) is 87.3 Å². The zero-order chi connectivity index (χ0) is 45.8. The molecule has 1 saturated carbocycles. The molecule has 0 aromatic rings. The quantitative estimate of drug-likeness (QED) is 0.0183. The van der Waals surface area contributed by atoms with Crippen LogP contribution in [0.5, 0.6) is 0 Å². The van der Waals surface area contributed by atoms with E-state index in [0.29, 0.717) is 114 Å². The molecule has 0 aliphatic heterocycles. The predicted octanol–water partition coefficient (Wildman–Crippen LogP) is 6.59. The minimum Gasteiger partial charge on any atom is -0.480 e. The third-order valence-corrected chi connectivity index (χ3v) is 14.0. The molecule has 2 amide bonds. The lowest BCUT2D eigenvalue weighted by molar-refractivity contribution is -0.138. The van der Waals surface area contributed by atoms with Crippen LogP contribution >= 0.6 is 21.6 Å². The highest BCUT2D eigenvalue weighted by Crippen LogP contribution is 2.35. The van der Waals surface area contributed by atoms with Gasteiger partial charge in [-0.2, -0.15) is 0 Å². The Morgan fingerprint density at radius 3 is 1.62 bits per heavy atom. The molecular weight excluding hydrogens is 817 g/mol. The summed E-state index contributed by atoms with van der Waals surface area (Å²) < 4.78 is 0.0359. The topological polar surface area (TPSA) is 296 Å². The number of rotatable bonds is 36. The van der Waals surface area contributed by atoms with E-state index < -0.39 is 30.1 Å². The summed E-state index contributed by atoms with van der Waals surface area (Å²) in [5.74, 6) is -1.21. The Morgan fingerprint density at radius 1 is 0.656 bits per heavy atom. The Labute approximate surface area is 372 Å². The van der Waals surface area contributed by atoms with Crippen LogP contribution in [0.3, 0.4) is 0 Å².